The first kappa shape index (κ1) is 19.0. The molecule has 6 heteroatoms. The van der Waals surface area contributed by atoms with Gasteiger partial charge in [0, 0.05) is 55.6 Å². The molecule has 0 bridgehead atoms. The molecule has 2 aliphatic rings. The minimum atomic E-state index is -2.58. The van der Waals surface area contributed by atoms with E-state index in [2.05, 4.69) is 45.2 Å². The molecule has 28 heavy (non-hydrogen) atoms. The Balaban J connectivity index is 1.45. The predicted octanol–water partition coefficient (Wildman–Crippen LogP) is 4.89. The van der Waals surface area contributed by atoms with Crippen molar-refractivity contribution in [2.45, 2.75) is 58.5 Å². The van der Waals surface area contributed by atoms with Gasteiger partial charge in [-0.05, 0) is 61.6 Å². The third-order valence-corrected chi connectivity index (χ3v) is 5.90. The lowest BCUT2D eigenvalue weighted by molar-refractivity contribution is -0.129. The number of hydrogen-bond acceptors (Lipinski definition) is 2. The summed E-state index contributed by atoms with van der Waals surface area (Å²) in [4.78, 5) is 14.7. The van der Waals surface area contributed by atoms with E-state index in [1.807, 2.05) is 13.8 Å². The van der Waals surface area contributed by atoms with Crippen molar-refractivity contribution in [3.63, 3.8) is 0 Å². The first-order chi connectivity index (χ1) is 13.3. The quantitative estimate of drug-likeness (QED) is 0.811. The summed E-state index contributed by atoms with van der Waals surface area (Å²) in [5.41, 5.74) is 5.27. The van der Waals surface area contributed by atoms with Crippen molar-refractivity contribution < 1.29 is 13.6 Å². The van der Waals surface area contributed by atoms with E-state index in [1.165, 1.54) is 5.69 Å². The van der Waals surface area contributed by atoms with Crippen molar-refractivity contribution in [1.82, 2.24) is 4.57 Å². The molecule has 1 N–H and O–H groups in total. The Bertz CT molecular complexity index is 859. The predicted molar refractivity (Wildman–Crippen MR) is 107 cm³/mol. The van der Waals surface area contributed by atoms with E-state index in [4.69, 9.17) is 0 Å². The lowest BCUT2D eigenvalue weighted by Gasteiger charge is -2.34. The molecule has 1 fully saturated rings. The molecule has 1 saturated carbocycles. The second-order valence-electron chi connectivity index (χ2n) is 8.31. The Kier molecular flexibility index (Phi) is 4.89. The van der Waals surface area contributed by atoms with Crippen molar-refractivity contribution in [1.29, 1.82) is 0 Å². The lowest BCUT2D eigenvalue weighted by Crippen LogP contribution is -2.37. The highest BCUT2D eigenvalue weighted by Gasteiger charge is 2.45. The van der Waals surface area contributed by atoms with Gasteiger partial charge in [0.15, 0.2) is 0 Å². The number of aromatic nitrogens is 1. The normalized spacial score (nSPS) is 18.9. The smallest absolute Gasteiger partial charge is 0.248 e. The van der Waals surface area contributed by atoms with Crippen LogP contribution in [0.2, 0.25) is 0 Å². The van der Waals surface area contributed by atoms with E-state index in [0.29, 0.717) is 0 Å². The summed E-state index contributed by atoms with van der Waals surface area (Å²) < 4.78 is 28.3. The number of amides is 1. The summed E-state index contributed by atoms with van der Waals surface area (Å²) in [5, 5.41) is 2.95. The minimum Gasteiger partial charge on any atom is -0.366 e. The number of anilines is 2. The van der Waals surface area contributed by atoms with Gasteiger partial charge >= 0.3 is 0 Å². The van der Waals surface area contributed by atoms with Crippen molar-refractivity contribution in [2.75, 3.05) is 16.8 Å². The van der Waals surface area contributed by atoms with Crippen LogP contribution in [0.1, 0.15) is 42.5 Å². The molecule has 1 aliphatic heterocycles. The van der Waals surface area contributed by atoms with E-state index in [9.17, 15) is 13.6 Å². The molecular weight excluding hydrogens is 360 g/mol. The van der Waals surface area contributed by atoms with Crippen LogP contribution in [0.5, 0.6) is 0 Å². The zero-order chi connectivity index (χ0) is 19.9. The molecule has 0 radical (unpaired) electrons. The number of halogens is 2. The number of fused-ring (bicyclic) bond motifs is 1. The zero-order valence-electron chi connectivity index (χ0n) is 16.5. The number of alkyl halides is 2. The van der Waals surface area contributed by atoms with Gasteiger partial charge in [0.1, 0.15) is 0 Å². The van der Waals surface area contributed by atoms with Crippen LogP contribution in [0, 0.1) is 19.8 Å². The Morgan fingerprint density at radius 3 is 2.61 bits per heavy atom. The standard InChI is InChI=1S/C22H27F2N3O/c1-15-9-19(27-8-4-7-26-6-3-5-18(26)14-27)10-16(2)21(15)25-20(28)11-17-12-22(23,24)13-17/h3,5-6,9-10,17H,4,7-8,11-14H2,1-2H3,(H,25,28). The van der Waals surface area contributed by atoms with Crippen LogP contribution in [0.15, 0.2) is 30.5 Å². The first-order valence-corrected chi connectivity index (χ1v) is 9.99. The number of carbonyl (C=O) groups excluding carboxylic acids is 1. The first-order valence-electron chi connectivity index (χ1n) is 9.99. The van der Waals surface area contributed by atoms with Crippen LogP contribution in [-0.4, -0.2) is 22.9 Å². The van der Waals surface area contributed by atoms with Gasteiger partial charge in [-0.3, -0.25) is 4.79 Å². The average molecular weight is 387 g/mol. The van der Waals surface area contributed by atoms with E-state index >= 15 is 0 Å². The van der Waals surface area contributed by atoms with Gasteiger partial charge in [0.25, 0.3) is 0 Å². The number of aryl methyl sites for hydroxylation is 3. The average Bonchev–Trinajstić information content (AvgIpc) is 2.93. The van der Waals surface area contributed by atoms with E-state index in [-0.39, 0.29) is 31.1 Å². The molecule has 150 valence electrons. The molecule has 1 aliphatic carbocycles. The monoisotopic (exact) mass is 387 g/mol. The summed E-state index contributed by atoms with van der Waals surface area (Å²) >= 11 is 0. The fourth-order valence-electron chi connectivity index (χ4n) is 4.44. The number of benzene rings is 1. The molecule has 0 saturated heterocycles. The Morgan fingerprint density at radius 1 is 1.21 bits per heavy atom. The van der Waals surface area contributed by atoms with Crippen LogP contribution >= 0.6 is 0 Å². The van der Waals surface area contributed by atoms with Gasteiger partial charge in [0.2, 0.25) is 11.8 Å². The zero-order valence-corrected chi connectivity index (χ0v) is 16.5. The second kappa shape index (κ2) is 7.22. The fraction of sp³-hybridized carbons (Fsp3) is 0.500. The van der Waals surface area contributed by atoms with Crippen molar-refractivity contribution in [2.24, 2.45) is 5.92 Å². The lowest BCUT2D eigenvalue weighted by atomic mass is 9.79. The Morgan fingerprint density at radius 2 is 1.93 bits per heavy atom. The molecule has 1 amide bonds. The molecule has 1 aromatic heterocycles. The fourth-order valence-corrected chi connectivity index (χ4v) is 4.44. The molecule has 0 atom stereocenters. The van der Waals surface area contributed by atoms with E-state index in [0.717, 1.165) is 48.6 Å². The van der Waals surface area contributed by atoms with Crippen LogP contribution in [0.25, 0.3) is 0 Å². The third kappa shape index (κ3) is 3.91. The van der Waals surface area contributed by atoms with Gasteiger partial charge in [-0.2, -0.15) is 0 Å². The van der Waals surface area contributed by atoms with Gasteiger partial charge in [-0.1, -0.05) is 0 Å². The maximum absolute atomic E-state index is 13.0. The maximum atomic E-state index is 13.0. The third-order valence-electron chi connectivity index (χ3n) is 5.90. The van der Waals surface area contributed by atoms with Crippen molar-refractivity contribution in [3.05, 3.63) is 47.3 Å². The highest BCUT2D eigenvalue weighted by molar-refractivity contribution is 5.93. The number of rotatable bonds is 4. The van der Waals surface area contributed by atoms with Gasteiger partial charge in [-0.25, -0.2) is 8.78 Å². The molecule has 2 heterocycles. The molecular formula is C22H27F2N3O. The summed E-state index contributed by atoms with van der Waals surface area (Å²) in [6.07, 6.45) is 3.04. The number of carbonyl (C=O) groups is 1. The Labute approximate surface area is 164 Å². The molecule has 1 aromatic carbocycles. The van der Waals surface area contributed by atoms with Crippen LogP contribution in [0.3, 0.4) is 0 Å². The van der Waals surface area contributed by atoms with Crippen LogP contribution < -0.4 is 10.2 Å². The van der Waals surface area contributed by atoms with Gasteiger partial charge < -0.3 is 14.8 Å². The largest absolute Gasteiger partial charge is 0.366 e. The summed E-state index contributed by atoms with van der Waals surface area (Å²) in [6, 6.07) is 8.47. The maximum Gasteiger partial charge on any atom is 0.248 e. The van der Waals surface area contributed by atoms with E-state index < -0.39 is 5.92 Å². The molecule has 4 rings (SSSR count). The second-order valence-corrected chi connectivity index (χ2v) is 8.31. The summed E-state index contributed by atoms with van der Waals surface area (Å²) in [7, 11) is 0. The van der Waals surface area contributed by atoms with Crippen molar-refractivity contribution >= 4 is 17.3 Å². The van der Waals surface area contributed by atoms with E-state index in [1.54, 1.807) is 0 Å². The number of nitrogens with one attached hydrogen (secondary N) is 1. The number of hydrogen-bond donors (Lipinski definition) is 1. The minimum absolute atomic E-state index is 0.166. The van der Waals surface area contributed by atoms with Crippen molar-refractivity contribution in [3.8, 4) is 0 Å². The molecule has 2 aromatic rings. The highest BCUT2D eigenvalue weighted by atomic mass is 19.3. The summed E-state index contributed by atoms with van der Waals surface area (Å²) in [6.45, 7) is 6.87. The molecule has 4 nitrogen and oxygen atoms in total. The Hall–Kier alpha value is -2.37. The molecule has 0 spiro atoms. The highest BCUT2D eigenvalue weighted by Crippen LogP contribution is 2.44. The van der Waals surface area contributed by atoms with Gasteiger partial charge in [-0.15, -0.1) is 0 Å². The summed E-state index contributed by atoms with van der Waals surface area (Å²) in [5.74, 6) is -2.96. The van der Waals surface area contributed by atoms with Gasteiger partial charge in [0.05, 0.1) is 6.54 Å². The van der Waals surface area contributed by atoms with Crippen LogP contribution in [0.4, 0.5) is 20.2 Å². The number of nitrogens with zero attached hydrogens (tertiary/aromatic N) is 2. The molecule has 0 unspecified atom stereocenters. The topological polar surface area (TPSA) is 37.3 Å². The SMILES string of the molecule is Cc1cc(N2CCCn3cccc3C2)cc(C)c1NC(=O)CC1CC(F)(F)C1. The van der Waals surface area contributed by atoms with Crippen LogP contribution in [-0.2, 0) is 17.9 Å².